The van der Waals surface area contributed by atoms with E-state index in [4.69, 9.17) is 4.74 Å². The van der Waals surface area contributed by atoms with Gasteiger partial charge in [0.25, 0.3) is 4.96 Å². The first-order valence-electron chi connectivity index (χ1n) is 7.67. The quantitative estimate of drug-likeness (QED) is 0.693. The third-order valence-electron chi connectivity index (χ3n) is 4.76. The van der Waals surface area contributed by atoms with E-state index in [1.165, 1.54) is 28.6 Å². The molecule has 7 nitrogen and oxygen atoms in total. The van der Waals surface area contributed by atoms with Crippen LogP contribution in [0.1, 0.15) is 38.5 Å². The number of aromatic nitrogens is 2. The number of ether oxygens (including phenoxy) is 1. The largest absolute Gasteiger partial charge is 0.375 e. The molecule has 1 aliphatic heterocycles. The second-order valence-corrected chi connectivity index (χ2v) is 7.04. The van der Waals surface area contributed by atoms with Crippen LogP contribution in [-0.2, 0) is 4.74 Å². The van der Waals surface area contributed by atoms with Crippen LogP contribution in [0.4, 0.5) is 11.6 Å². The monoisotopic (exact) mass is 322 g/mol. The van der Waals surface area contributed by atoms with Crippen LogP contribution in [0.3, 0.4) is 0 Å². The van der Waals surface area contributed by atoms with Gasteiger partial charge in [-0.15, -0.1) is 0 Å². The summed E-state index contributed by atoms with van der Waals surface area (Å²) in [6.45, 7) is 0.716. The van der Waals surface area contributed by atoms with E-state index in [1.54, 1.807) is 11.6 Å². The highest BCUT2D eigenvalue weighted by molar-refractivity contribution is 7.15. The van der Waals surface area contributed by atoms with Crippen LogP contribution in [0.2, 0.25) is 0 Å². The molecule has 0 bridgehead atoms. The Kier molecular flexibility index (Phi) is 3.30. The van der Waals surface area contributed by atoms with Gasteiger partial charge in [0.05, 0.1) is 5.60 Å². The van der Waals surface area contributed by atoms with Crippen molar-refractivity contribution < 1.29 is 9.66 Å². The van der Waals surface area contributed by atoms with Crippen molar-refractivity contribution in [2.75, 3.05) is 11.9 Å². The summed E-state index contributed by atoms with van der Waals surface area (Å²) >= 11 is 1.40. The predicted molar refractivity (Wildman–Crippen MR) is 83.5 cm³/mol. The van der Waals surface area contributed by atoms with E-state index in [0.717, 1.165) is 25.7 Å². The Hall–Kier alpha value is -1.67. The van der Waals surface area contributed by atoms with Gasteiger partial charge in [0, 0.05) is 18.0 Å². The van der Waals surface area contributed by atoms with E-state index in [2.05, 4.69) is 10.3 Å². The highest BCUT2D eigenvalue weighted by Crippen LogP contribution is 2.41. The Balaban J connectivity index is 1.59. The molecule has 2 aromatic rings. The fourth-order valence-corrected chi connectivity index (χ4v) is 4.47. The molecule has 22 heavy (non-hydrogen) atoms. The number of imidazole rings is 1. The van der Waals surface area contributed by atoms with Crippen LogP contribution >= 0.6 is 11.3 Å². The summed E-state index contributed by atoms with van der Waals surface area (Å²) in [4.78, 5) is 16.1. The minimum absolute atomic E-state index is 0.0121. The zero-order valence-electron chi connectivity index (χ0n) is 12.2. The lowest BCUT2D eigenvalue weighted by molar-refractivity contribution is -0.389. The number of thiazole rings is 1. The molecule has 1 N–H and O–H groups in total. The number of nitro groups is 1. The number of nitrogens with one attached hydrogen (secondary N) is 1. The molecule has 3 heterocycles. The Morgan fingerprint density at radius 3 is 3.09 bits per heavy atom. The van der Waals surface area contributed by atoms with E-state index < -0.39 is 0 Å². The fraction of sp³-hybridized carbons (Fsp3) is 0.643. The second kappa shape index (κ2) is 5.20. The molecule has 2 aliphatic rings. The molecule has 0 radical (unpaired) electrons. The number of rotatable bonds is 3. The maximum absolute atomic E-state index is 11.4. The SMILES string of the molecule is O=[N+]([O-])c1c(NC2CCOC3(CCCC3)C2)nc2sccn12. The van der Waals surface area contributed by atoms with E-state index in [-0.39, 0.29) is 22.4 Å². The van der Waals surface area contributed by atoms with E-state index in [1.807, 2.05) is 0 Å². The molecule has 118 valence electrons. The van der Waals surface area contributed by atoms with Crippen molar-refractivity contribution in [1.29, 1.82) is 0 Å². The summed E-state index contributed by atoms with van der Waals surface area (Å²) in [7, 11) is 0. The number of nitrogens with zero attached hydrogens (tertiary/aromatic N) is 3. The smallest absolute Gasteiger partial charge is 0.372 e. The van der Waals surface area contributed by atoms with Crippen LogP contribution in [0.25, 0.3) is 4.96 Å². The molecule has 2 aromatic heterocycles. The van der Waals surface area contributed by atoms with E-state index in [0.29, 0.717) is 17.4 Å². The standard InChI is InChI=1S/C14H18N4O3S/c19-18(20)12-11(16-13-17(12)6-8-22-13)15-10-3-7-21-14(9-10)4-1-2-5-14/h6,8,10,15H,1-5,7,9H2. The van der Waals surface area contributed by atoms with Crippen LogP contribution < -0.4 is 5.32 Å². The first-order valence-corrected chi connectivity index (χ1v) is 8.55. The third kappa shape index (κ3) is 2.26. The molecule has 1 saturated carbocycles. The molecule has 4 rings (SSSR count). The van der Waals surface area contributed by atoms with Crippen LogP contribution in [0.5, 0.6) is 0 Å². The summed E-state index contributed by atoms with van der Waals surface area (Å²) in [5.41, 5.74) is -0.0121. The van der Waals surface area contributed by atoms with Crippen molar-refractivity contribution in [3.05, 3.63) is 21.7 Å². The second-order valence-electron chi connectivity index (χ2n) is 6.17. The van der Waals surface area contributed by atoms with Crippen molar-refractivity contribution in [3.63, 3.8) is 0 Å². The van der Waals surface area contributed by atoms with Gasteiger partial charge in [-0.1, -0.05) is 24.2 Å². The van der Waals surface area contributed by atoms with Crippen molar-refractivity contribution in [3.8, 4) is 0 Å². The molecular formula is C14H18N4O3S. The summed E-state index contributed by atoms with van der Waals surface area (Å²) < 4.78 is 7.56. The molecule has 1 atom stereocenters. The molecule has 8 heteroatoms. The lowest BCUT2D eigenvalue weighted by Gasteiger charge is -2.38. The highest BCUT2D eigenvalue weighted by atomic mass is 32.1. The average molecular weight is 322 g/mol. The molecule has 0 amide bonds. The predicted octanol–water partition coefficient (Wildman–Crippen LogP) is 3.21. The average Bonchev–Trinajstić information content (AvgIpc) is 3.15. The van der Waals surface area contributed by atoms with E-state index in [9.17, 15) is 10.1 Å². The molecule has 0 aromatic carbocycles. The highest BCUT2D eigenvalue weighted by Gasteiger charge is 2.40. The Bertz CT molecular complexity index is 704. The molecule has 1 unspecified atom stereocenters. The number of hydrogen-bond donors (Lipinski definition) is 1. The van der Waals surface area contributed by atoms with Gasteiger partial charge in [-0.05, 0) is 30.6 Å². The van der Waals surface area contributed by atoms with Crippen LogP contribution in [0.15, 0.2) is 11.6 Å². The lowest BCUT2D eigenvalue weighted by Crippen LogP contribution is -2.42. The van der Waals surface area contributed by atoms with Gasteiger partial charge in [0.1, 0.15) is 6.20 Å². The zero-order chi connectivity index (χ0) is 15.2. The van der Waals surface area contributed by atoms with Crippen molar-refractivity contribution in [1.82, 2.24) is 9.38 Å². The van der Waals surface area contributed by atoms with Crippen molar-refractivity contribution in [2.45, 2.75) is 50.2 Å². The molecule has 1 saturated heterocycles. The maximum Gasteiger partial charge on any atom is 0.372 e. The maximum atomic E-state index is 11.4. The summed E-state index contributed by atoms with van der Waals surface area (Å²) in [5.74, 6) is 0.417. The van der Waals surface area contributed by atoms with Crippen molar-refractivity contribution in [2.24, 2.45) is 0 Å². The molecule has 1 aliphatic carbocycles. The Morgan fingerprint density at radius 1 is 1.50 bits per heavy atom. The summed E-state index contributed by atoms with van der Waals surface area (Å²) in [5, 5.41) is 16.5. The van der Waals surface area contributed by atoms with Crippen molar-refractivity contribution >= 4 is 27.9 Å². The topological polar surface area (TPSA) is 81.7 Å². The van der Waals surface area contributed by atoms with Crippen LogP contribution in [0, 0.1) is 10.1 Å². The van der Waals surface area contributed by atoms with Crippen LogP contribution in [-0.4, -0.2) is 32.6 Å². The first-order chi connectivity index (χ1) is 10.7. The van der Waals surface area contributed by atoms with Gasteiger partial charge in [0.15, 0.2) is 0 Å². The number of hydrogen-bond acceptors (Lipinski definition) is 6. The third-order valence-corrected chi connectivity index (χ3v) is 5.52. The van der Waals surface area contributed by atoms with E-state index >= 15 is 0 Å². The lowest BCUT2D eigenvalue weighted by atomic mass is 9.89. The zero-order valence-corrected chi connectivity index (χ0v) is 13.0. The van der Waals surface area contributed by atoms with Gasteiger partial charge in [0.2, 0.25) is 5.82 Å². The van der Waals surface area contributed by atoms with Gasteiger partial charge >= 0.3 is 5.82 Å². The normalized spacial score (nSPS) is 24.1. The van der Waals surface area contributed by atoms with Gasteiger partial charge < -0.3 is 20.2 Å². The van der Waals surface area contributed by atoms with Gasteiger partial charge in [-0.2, -0.15) is 9.38 Å². The fourth-order valence-electron chi connectivity index (χ4n) is 3.76. The molecular weight excluding hydrogens is 304 g/mol. The summed E-state index contributed by atoms with van der Waals surface area (Å²) in [6, 6.07) is 0.190. The Labute approximate surface area is 131 Å². The Morgan fingerprint density at radius 2 is 2.32 bits per heavy atom. The number of anilines is 1. The minimum Gasteiger partial charge on any atom is -0.375 e. The molecule has 1 spiro atoms. The summed E-state index contributed by atoms with van der Waals surface area (Å²) in [6.07, 6.45) is 8.11. The minimum atomic E-state index is -0.361. The first kappa shape index (κ1) is 14.0. The van der Waals surface area contributed by atoms with Gasteiger partial charge in [-0.3, -0.25) is 0 Å². The number of fused-ring (bicyclic) bond motifs is 1. The molecule has 2 fully saturated rings. The van der Waals surface area contributed by atoms with Gasteiger partial charge in [-0.25, -0.2) is 0 Å².